The van der Waals surface area contributed by atoms with E-state index >= 15 is 0 Å². The van der Waals surface area contributed by atoms with Gasteiger partial charge in [0, 0.05) is 26.5 Å². The minimum absolute atomic E-state index is 0.128. The molecule has 0 aliphatic carbocycles. The van der Waals surface area contributed by atoms with Crippen molar-refractivity contribution in [1.29, 1.82) is 0 Å². The van der Waals surface area contributed by atoms with Crippen LogP contribution in [0.2, 0.25) is 0 Å². The molecule has 5 nitrogen and oxygen atoms in total. The second kappa shape index (κ2) is 4.89. The molecule has 0 radical (unpaired) electrons. The zero-order valence-electron chi connectivity index (χ0n) is 10.4. The third kappa shape index (κ3) is 2.43. The van der Waals surface area contributed by atoms with Gasteiger partial charge in [0.15, 0.2) is 11.5 Å². The lowest BCUT2D eigenvalue weighted by Gasteiger charge is -2.07. The highest BCUT2D eigenvalue weighted by Crippen LogP contribution is 2.19. The Hall–Kier alpha value is -1.69. The molecule has 94 valence electrons. The van der Waals surface area contributed by atoms with Gasteiger partial charge >= 0.3 is 0 Å². The molecular formula is C12H13BrN4O. The minimum Gasteiger partial charge on any atom is -0.343 e. The fourth-order valence-corrected chi connectivity index (χ4v) is 2.13. The zero-order chi connectivity index (χ0) is 13.3. The van der Waals surface area contributed by atoms with Crippen LogP contribution >= 0.6 is 15.9 Å². The van der Waals surface area contributed by atoms with E-state index in [-0.39, 0.29) is 5.91 Å². The van der Waals surface area contributed by atoms with Crippen molar-refractivity contribution in [2.75, 3.05) is 14.1 Å². The average molecular weight is 309 g/mol. The van der Waals surface area contributed by atoms with Crippen LogP contribution in [0.4, 0.5) is 0 Å². The largest absolute Gasteiger partial charge is 0.343 e. The van der Waals surface area contributed by atoms with Gasteiger partial charge in [-0.15, -0.1) is 0 Å². The lowest BCUT2D eigenvalue weighted by atomic mass is 10.3. The van der Waals surface area contributed by atoms with Crippen LogP contribution in [0, 0.1) is 6.92 Å². The van der Waals surface area contributed by atoms with Crippen molar-refractivity contribution in [3.63, 3.8) is 0 Å². The average Bonchev–Trinajstić information content (AvgIpc) is 2.77. The summed E-state index contributed by atoms with van der Waals surface area (Å²) in [6.07, 6.45) is 3.48. The number of pyridine rings is 1. The monoisotopic (exact) mass is 308 g/mol. The summed E-state index contributed by atoms with van der Waals surface area (Å²) in [6.45, 7) is 1.96. The maximum Gasteiger partial charge on any atom is 0.273 e. The van der Waals surface area contributed by atoms with Gasteiger partial charge in [0.1, 0.15) is 0 Å². The van der Waals surface area contributed by atoms with Gasteiger partial charge in [-0.2, -0.15) is 5.10 Å². The SMILES string of the molecule is Cc1cnc(-n2ccc(C(=O)N(C)C)n2)c(Br)c1. The number of hydrogen-bond acceptors (Lipinski definition) is 3. The minimum atomic E-state index is -0.128. The maximum atomic E-state index is 11.7. The Kier molecular flexibility index (Phi) is 3.47. The van der Waals surface area contributed by atoms with Crippen LogP contribution in [0.15, 0.2) is 29.0 Å². The summed E-state index contributed by atoms with van der Waals surface area (Å²) < 4.78 is 2.43. The summed E-state index contributed by atoms with van der Waals surface area (Å²) in [7, 11) is 3.39. The van der Waals surface area contributed by atoms with E-state index in [9.17, 15) is 4.79 Å². The highest BCUT2D eigenvalue weighted by Gasteiger charge is 2.13. The Morgan fingerprint density at radius 2 is 2.17 bits per heavy atom. The molecule has 0 bridgehead atoms. The van der Waals surface area contributed by atoms with Crippen molar-refractivity contribution in [3.8, 4) is 5.82 Å². The van der Waals surface area contributed by atoms with E-state index < -0.39 is 0 Å². The standard InChI is InChI=1S/C12H13BrN4O/c1-8-6-9(13)11(14-7-8)17-5-4-10(15-17)12(18)16(2)3/h4-7H,1-3H3. The summed E-state index contributed by atoms with van der Waals surface area (Å²) >= 11 is 3.44. The summed E-state index contributed by atoms with van der Waals surface area (Å²) in [6, 6.07) is 3.63. The van der Waals surface area contributed by atoms with Crippen LogP contribution < -0.4 is 0 Å². The molecule has 0 unspecified atom stereocenters. The van der Waals surface area contributed by atoms with Gasteiger partial charge in [0.05, 0.1) is 4.47 Å². The summed E-state index contributed by atoms with van der Waals surface area (Å²) in [5.41, 5.74) is 1.46. The third-order valence-electron chi connectivity index (χ3n) is 2.39. The van der Waals surface area contributed by atoms with Gasteiger partial charge in [0.2, 0.25) is 0 Å². The van der Waals surface area contributed by atoms with Gasteiger partial charge < -0.3 is 4.90 Å². The number of halogens is 1. The molecule has 0 atom stereocenters. The van der Waals surface area contributed by atoms with E-state index in [0.717, 1.165) is 10.0 Å². The van der Waals surface area contributed by atoms with Gasteiger partial charge in [0.25, 0.3) is 5.91 Å². The van der Waals surface area contributed by atoms with Gasteiger partial charge in [-0.1, -0.05) is 0 Å². The Bertz CT molecular complexity index is 592. The summed E-state index contributed by atoms with van der Waals surface area (Å²) in [5, 5.41) is 4.23. The predicted octanol–water partition coefficient (Wildman–Crippen LogP) is 2.04. The number of aryl methyl sites for hydroxylation is 1. The molecule has 0 spiro atoms. The molecular weight excluding hydrogens is 296 g/mol. The van der Waals surface area contributed by atoms with Crippen molar-refractivity contribution in [2.45, 2.75) is 6.92 Å². The van der Waals surface area contributed by atoms with Crippen molar-refractivity contribution in [1.82, 2.24) is 19.7 Å². The van der Waals surface area contributed by atoms with Crippen molar-refractivity contribution in [3.05, 3.63) is 40.3 Å². The molecule has 0 aliphatic rings. The highest BCUT2D eigenvalue weighted by molar-refractivity contribution is 9.10. The number of amides is 1. The maximum absolute atomic E-state index is 11.7. The quantitative estimate of drug-likeness (QED) is 0.853. The van der Waals surface area contributed by atoms with Crippen molar-refractivity contribution < 1.29 is 4.79 Å². The Balaban J connectivity index is 2.38. The molecule has 1 amide bonds. The first-order valence-corrected chi connectivity index (χ1v) is 6.18. The van der Waals surface area contributed by atoms with Crippen molar-refractivity contribution in [2.24, 2.45) is 0 Å². The first kappa shape index (κ1) is 12.8. The van der Waals surface area contributed by atoms with E-state index in [1.165, 1.54) is 4.90 Å². The van der Waals surface area contributed by atoms with Crippen LogP contribution in [-0.4, -0.2) is 39.7 Å². The van der Waals surface area contributed by atoms with Gasteiger partial charge in [-0.25, -0.2) is 9.67 Å². The highest BCUT2D eigenvalue weighted by atomic mass is 79.9. The fraction of sp³-hybridized carbons (Fsp3) is 0.250. The molecule has 0 saturated heterocycles. The molecule has 0 N–H and O–H groups in total. The predicted molar refractivity (Wildman–Crippen MR) is 71.8 cm³/mol. The molecule has 2 heterocycles. The summed E-state index contributed by atoms with van der Waals surface area (Å²) in [4.78, 5) is 17.5. The topological polar surface area (TPSA) is 51.0 Å². The van der Waals surface area contributed by atoms with Crippen LogP contribution in [-0.2, 0) is 0 Å². The van der Waals surface area contributed by atoms with Crippen LogP contribution in [0.25, 0.3) is 5.82 Å². The molecule has 2 rings (SSSR count). The van der Waals surface area contributed by atoms with E-state index in [1.807, 2.05) is 13.0 Å². The number of nitrogens with zero attached hydrogens (tertiary/aromatic N) is 4. The van der Waals surface area contributed by atoms with Crippen molar-refractivity contribution >= 4 is 21.8 Å². The number of carbonyl (C=O) groups is 1. The molecule has 0 aliphatic heterocycles. The molecule has 0 aromatic carbocycles. The Morgan fingerprint density at radius 3 is 2.78 bits per heavy atom. The smallest absolute Gasteiger partial charge is 0.273 e. The molecule has 0 saturated carbocycles. The Morgan fingerprint density at radius 1 is 1.44 bits per heavy atom. The van der Waals surface area contributed by atoms with E-state index in [4.69, 9.17) is 0 Å². The van der Waals surface area contributed by atoms with Gasteiger partial charge in [-0.05, 0) is 40.5 Å². The molecule has 2 aromatic rings. The first-order chi connectivity index (χ1) is 8.49. The lowest BCUT2D eigenvalue weighted by Crippen LogP contribution is -2.22. The van der Waals surface area contributed by atoms with Crippen LogP contribution in [0.5, 0.6) is 0 Å². The van der Waals surface area contributed by atoms with Crippen LogP contribution in [0.1, 0.15) is 16.1 Å². The van der Waals surface area contributed by atoms with E-state index in [1.54, 1.807) is 37.2 Å². The molecule has 18 heavy (non-hydrogen) atoms. The molecule has 0 fully saturated rings. The Labute approximate surface area is 114 Å². The number of hydrogen-bond donors (Lipinski definition) is 0. The number of carbonyl (C=O) groups excluding carboxylic acids is 1. The second-order valence-electron chi connectivity index (χ2n) is 4.16. The molecule has 6 heteroatoms. The van der Waals surface area contributed by atoms with Gasteiger partial charge in [-0.3, -0.25) is 4.79 Å². The number of aromatic nitrogens is 3. The fourth-order valence-electron chi connectivity index (χ4n) is 1.48. The lowest BCUT2D eigenvalue weighted by molar-refractivity contribution is 0.0821. The first-order valence-electron chi connectivity index (χ1n) is 5.39. The normalized spacial score (nSPS) is 10.4. The second-order valence-corrected chi connectivity index (χ2v) is 5.02. The molecule has 2 aromatic heterocycles. The van der Waals surface area contributed by atoms with E-state index in [2.05, 4.69) is 26.0 Å². The van der Waals surface area contributed by atoms with E-state index in [0.29, 0.717) is 11.5 Å². The number of rotatable bonds is 2. The zero-order valence-corrected chi connectivity index (χ0v) is 12.0. The third-order valence-corrected chi connectivity index (χ3v) is 2.97. The van der Waals surface area contributed by atoms with Crippen LogP contribution in [0.3, 0.4) is 0 Å². The summed E-state index contributed by atoms with van der Waals surface area (Å²) in [5.74, 6) is 0.537.